The van der Waals surface area contributed by atoms with E-state index < -0.39 is 0 Å². The molecule has 104 valence electrons. The summed E-state index contributed by atoms with van der Waals surface area (Å²) in [6.07, 6.45) is 12.2. The smallest absolute Gasteiger partial charge is 0.0576 e. The van der Waals surface area contributed by atoms with Crippen LogP contribution in [0.3, 0.4) is 0 Å². The van der Waals surface area contributed by atoms with Gasteiger partial charge in [-0.2, -0.15) is 0 Å². The summed E-state index contributed by atoms with van der Waals surface area (Å²) < 4.78 is 0. The second-order valence-electron chi connectivity index (χ2n) is 8.08. The van der Waals surface area contributed by atoms with Crippen LogP contribution in [0.25, 0.3) is 0 Å². The highest BCUT2D eigenvalue weighted by molar-refractivity contribution is 4.94. The van der Waals surface area contributed by atoms with Crippen molar-refractivity contribution in [2.75, 3.05) is 0 Å². The van der Waals surface area contributed by atoms with Crippen molar-refractivity contribution in [2.24, 2.45) is 29.1 Å². The molecule has 0 aromatic rings. The summed E-state index contributed by atoms with van der Waals surface area (Å²) in [6.45, 7) is 4.75. The molecular formula is C17H30O. The molecule has 3 rings (SSSR count). The van der Waals surface area contributed by atoms with Gasteiger partial charge < -0.3 is 5.11 Å². The Balaban J connectivity index is 1.59. The summed E-state index contributed by atoms with van der Waals surface area (Å²) in [5.74, 6) is 3.41. The van der Waals surface area contributed by atoms with E-state index in [2.05, 4.69) is 13.8 Å². The minimum absolute atomic E-state index is 0.0235. The summed E-state index contributed by atoms with van der Waals surface area (Å²) in [4.78, 5) is 0. The molecule has 0 aliphatic heterocycles. The van der Waals surface area contributed by atoms with Crippen molar-refractivity contribution in [1.82, 2.24) is 0 Å². The van der Waals surface area contributed by atoms with Crippen LogP contribution in [0.5, 0.6) is 0 Å². The van der Waals surface area contributed by atoms with Gasteiger partial charge in [0.05, 0.1) is 6.10 Å². The Morgan fingerprint density at radius 2 is 1.94 bits per heavy atom. The second kappa shape index (κ2) is 4.81. The van der Waals surface area contributed by atoms with Crippen LogP contribution in [0, 0.1) is 29.1 Å². The molecular weight excluding hydrogens is 220 g/mol. The zero-order valence-corrected chi connectivity index (χ0v) is 12.2. The van der Waals surface area contributed by atoms with Crippen LogP contribution in [0.15, 0.2) is 0 Å². The maximum Gasteiger partial charge on any atom is 0.0576 e. The molecule has 0 radical (unpaired) electrons. The van der Waals surface area contributed by atoms with E-state index in [0.29, 0.717) is 11.3 Å². The summed E-state index contributed by atoms with van der Waals surface area (Å²) >= 11 is 0. The molecule has 18 heavy (non-hydrogen) atoms. The number of aliphatic hydroxyl groups is 1. The highest BCUT2D eigenvalue weighted by Crippen LogP contribution is 2.51. The van der Waals surface area contributed by atoms with Crippen LogP contribution in [0.1, 0.15) is 71.6 Å². The minimum atomic E-state index is -0.0235. The molecule has 0 aromatic carbocycles. The second-order valence-corrected chi connectivity index (χ2v) is 8.08. The van der Waals surface area contributed by atoms with Crippen molar-refractivity contribution < 1.29 is 5.11 Å². The van der Waals surface area contributed by atoms with Gasteiger partial charge in [0.1, 0.15) is 0 Å². The molecule has 1 N–H and O–H groups in total. The van der Waals surface area contributed by atoms with Gasteiger partial charge in [-0.05, 0) is 67.6 Å². The zero-order valence-electron chi connectivity index (χ0n) is 12.2. The first-order valence-corrected chi connectivity index (χ1v) is 8.24. The van der Waals surface area contributed by atoms with E-state index in [1.165, 1.54) is 51.4 Å². The highest BCUT2D eigenvalue weighted by Gasteiger charge is 2.43. The third-order valence-corrected chi connectivity index (χ3v) is 6.48. The van der Waals surface area contributed by atoms with Gasteiger partial charge in [-0.15, -0.1) is 0 Å². The fraction of sp³-hybridized carbons (Fsp3) is 1.00. The molecule has 3 fully saturated rings. The Hall–Kier alpha value is -0.0400. The van der Waals surface area contributed by atoms with Crippen LogP contribution in [0.4, 0.5) is 0 Å². The lowest BCUT2D eigenvalue weighted by Crippen LogP contribution is -2.38. The summed E-state index contributed by atoms with van der Waals surface area (Å²) in [5, 5.41) is 10.7. The van der Waals surface area contributed by atoms with E-state index >= 15 is 0 Å². The quantitative estimate of drug-likeness (QED) is 0.787. The summed E-state index contributed by atoms with van der Waals surface area (Å²) in [7, 11) is 0. The summed E-state index contributed by atoms with van der Waals surface area (Å²) in [6, 6.07) is 0. The Labute approximate surface area is 112 Å². The first-order chi connectivity index (χ1) is 8.56. The molecule has 0 spiro atoms. The number of hydrogen-bond acceptors (Lipinski definition) is 1. The highest BCUT2D eigenvalue weighted by atomic mass is 16.3. The Bertz CT molecular complexity index is 296. The van der Waals surface area contributed by atoms with Gasteiger partial charge in [0.15, 0.2) is 0 Å². The van der Waals surface area contributed by atoms with Crippen molar-refractivity contribution in [3.63, 3.8) is 0 Å². The van der Waals surface area contributed by atoms with E-state index in [9.17, 15) is 5.11 Å². The van der Waals surface area contributed by atoms with Gasteiger partial charge in [-0.25, -0.2) is 0 Å². The van der Waals surface area contributed by atoms with E-state index in [-0.39, 0.29) is 6.10 Å². The third kappa shape index (κ3) is 2.35. The first-order valence-electron chi connectivity index (χ1n) is 8.24. The predicted octanol–water partition coefficient (Wildman–Crippen LogP) is 4.39. The van der Waals surface area contributed by atoms with Gasteiger partial charge in [-0.3, -0.25) is 0 Å². The molecule has 5 unspecified atom stereocenters. The molecule has 0 heterocycles. The molecule has 5 atom stereocenters. The normalized spacial score (nSPS) is 44.2. The van der Waals surface area contributed by atoms with Gasteiger partial charge in [-0.1, -0.05) is 33.1 Å². The fourth-order valence-corrected chi connectivity index (χ4v) is 5.37. The molecule has 3 saturated carbocycles. The van der Waals surface area contributed by atoms with E-state index in [1.54, 1.807) is 0 Å². The topological polar surface area (TPSA) is 20.2 Å². The molecule has 3 aliphatic rings. The Kier molecular flexibility index (Phi) is 3.47. The van der Waals surface area contributed by atoms with Gasteiger partial charge in [0.25, 0.3) is 0 Å². The van der Waals surface area contributed by atoms with Crippen molar-refractivity contribution in [3.8, 4) is 0 Å². The average Bonchev–Trinajstić information content (AvgIpc) is 2.90. The van der Waals surface area contributed by atoms with Crippen molar-refractivity contribution in [1.29, 1.82) is 0 Å². The minimum Gasteiger partial charge on any atom is -0.393 e. The molecule has 3 aliphatic carbocycles. The maximum atomic E-state index is 10.7. The molecule has 2 bridgehead atoms. The Morgan fingerprint density at radius 3 is 2.56 bits per heavy atom. The molecule has 0 amide bonds. The monoisotopic (exact) mass is 250 g/mol. The van der Waals surface area contributed by atoms with Crippen molar-refractivity contribution >= 4 is 0 Å². The number of rotatable bonds is 3. The van der Waals surface area contributed by atoms with E-state index in [4.69, 9.17) is 0 Å². The molecule has 0 saturated heterocycles. The molecule has 0 aromatic heterocycles. The van der Waals surface area contributed by atoms with Crippen LogP contribution in [-0.2, 0) is 0 Å². The van der Waals surface area contributed by atoms with Crippen LogP contribution < -0.4 is 0 Å². The number of fused-ring (bicyclic) bond motifs is 2. The van der Waals surface area contributed by atoms with Gasteiger partial charge in [0, 0.05) is 0 Å². The lowest BCUT2D eigenvalue weighted by atomic mass is 9.65. The van der Waals surface area contributed by atoms with Crippen LogP contribution in [-0.4, -0.2) is 11.2 Å². The third-order valence-electron chi connectivity index (χ3n) is 6.48. The van der Waals surface area contributed by atoms with Gasteiger partial charge >= 0.3 is 0 Å². The van der Waals surface area contributed by atoms with Crippen LogP contribution in [0.2, 0.25) is 0 Å². The standard InChI is InChI=1S/C17H30O/c1-17(2)8-4-3-5-15(17)16(18)11-14-10-12-6-7-13(14)9-12/h12-16,18H,3-11H2,1-2H3. The van der Waals surface area contributed by atoms with Crippen LogP contribution >= 0.6 is 0 Å². The largest absolute Gasteiger partial charge is 0.393 e. The maximum absolute atomic E-state index is 10.7. The van der Waals surface area contributed by atoms with Crippen molar-refractivity contribution in [2.45, 2.75) is 77.7 Å². The predicted molar refractivity (Wildman–Crippen MR) is 75.3 cm³/mol. The fourth-order valence-electron chi connectivity index (χ4n) is 5.37. The summed E-state index contributed by atoms with van der Waals surface area (Å²) in [5.41, 5.74) is 0.370. The van der Waals surface area contributed by atoms with Crippen molar-refractivity contribution in [3.05, 3.63) is 0 Å². The first kappa shape index (κ1) is 13.0. The lowest BCUT2D eigenvalue weighted by molar-refractivity contribution is -0.0124. The number of hydrogen-bond donors (Lipinski definition) is 1. The molecule has 1 nitrogen and oxygen atoms in total. The zero-order chi connectivity index (χ0) is 12.8. The Morgan fingerprint density at radius 1 is 1.11 bits per heavy atom. The van der Waals surface area contributed by atoms with Gasteiger partial charge in [0.2, 0.25) is 0 Å². The molecule has 1 heteroatoms. The average molecular weight is 250 g/mol. The lowest BCUT2D eigenvalue weighted by Gasteiger charge is -2.42. The number of aliphatic hydroxyl groups excluding tert-OH is 1. The SMILES string of the molecule is CC1(C)CCCCC1C(O)CC1CC2CCC1C2. The van der Waals surface area contributed by atoms with E-state index in [0.717, 1.165) is 24.2 Å². The van der Waals surface area contributed by atoms with E-state index in [1.807, 2.05) is 0 Å².